The Morgan fingerprint density at radius 2 is 1.81 bits per heavy atom. The first kappa shape index (κ1) is 25.9. The molecule has 8 nitrogen and oxygen atoms in total. The molecule has 0 spiro atoms. The monoisotopic (exact) mass is 337 g/mol. The van der Waals surface area contributed by atoms with E-state index in [1.165, 1.54) is 0 Å². The van der Waals surface area contributed by atoms with E-state index in [9.17, 15) is 9.90 Å². The van der Waals surface area contributed by atoms with Gasteiger partial charge in [0.05, 0.1) is 34.4 Å². The quantitative estimate of drug-likeness (QED) is 0.228. The van der Waals surface area contributed by atoms with Crippen LogP contribution < -0.4 is 47.1 Å². The fourth-order valence-corrected chi connectivity index (χ4v) is 1.11. The van der Waals surface area contributed by atoms with Gasteiger partial charge >= 0.3 is 35.5 Å². The number of esters is 1. The summed E-state index contributed by atoms with van der Waals surface area (Å²) in [6.07, 6.45) is -2.88. The third kappa shape index (κ3) is 9.54. The van der Waals surface area contributed by atoms with Gasteiger partial charge in [-0.1, -0.05) is 0 Å². The molecule has 2 atom stereocenters. The molecule has 1 rings (SSSR count). The summed E-state index contributed by atoms with van der Waals surface area (Å²) < 4.78 is 5.10. The molecule has 0 radical (unpaired) electrons. The molecule has 0 saturated carbocycles. The van der Waals surface area contributed by atoms with Gasteiger partial charge in [0.2, 0.25) is 0 Å². The molecular formula is C11H21ClNNaO7. The molecule has 0 saturated heterocycles. The topological polar surface area (TPSA) is 130 Å². The number of ether oxygens (including phenoxy) is 1. The van der Waals surface area contributed by atoms with Gasteiger partial charge in [0, 0.05) is 5.76 Å². The minimum atomic E-state index is -1.46. The Morgan fingerprint density at radius 3 is 2.00 bits per heavy atom. The Morgan fingerprint density at radius 1 is 1.33 bits per heavy atom. The van der Waals surface area contributed by atoms with Crippen LogP contribution in [-0.4, -0.2) is 84.0 Å². The largest absolute Gasteiger partial charge is 1.00 e. The zero-order chi connectivity index (χ0) is 15.2. The van der Waals surface area contributed by atoms with Crippen molar-refractivity contribution < 1.29 is 81.5 Å². The van der Waals surface area contributed by atoms with E-state index in [0.717, 1.165) is 11.0 Å². The van der Waals surface area contributed by atoms with Crippen molar-refractivity contribution in [1.29, 1.82) is 0 Å². The molecule has 0 aromatic heterocycles. The van der Waals surface area contributed by atoms with Gasteiger partial charge in [-0.25, -0.2) is 4.79 Å². The summed E-state index contributed by atoms with van der Waals surface area (Å²) in [5, 5.41) is 45.2. The van der Waals surface area contributed by atoms with Crippen LogP contribution >= 0.6 is 0 Å². The Kier molecular flexibility index (Phi) is 14.2. The number of aliphatic hydroxyl groups is 4. The minimum Gasteiger partial charge on any atom is -1.00 e. The number of aliphatic hydroxyl groups excluding tert-OH is 4. The van der Waals surface area contributed by atoms with Crippen LogP contribution in [0.5, 0.6) is 0 Å². The number of likely N-dealkylation sites (N-methyl/N-ethyl adjacent to an activating group) is 1. The Hall–Kier alpha value is -0.0600. The van der Waals surface area contributed by atoms with E-state index in [-0.39, 0.29) is 48.6 Å². The molecule has 0 unspecified atom stereocenters. The molecule has 1 heterocycles. The second kappa shape index (κ2) is 11.5. The number of carbonyl (C=O) groups excluding carboxylic acids is 1. The van der Waals surface area contributed by atoms with Crippen LogP contribution in [0.15, 0.2) is 11.5 Å². The molecule has 0 amide bonds. The van der Waals surface area contributed by atoms with Gasteiger partial charge in [0.15, 0.2) is 6.10 Å². The summed E-state index contributed by atoms with van der Waals surface area (Å²) in [5.74, 6) is -3.25. The summed E-state index contributed by atoms with van der Waals surface area (Å²) in [4.78, 5) is 10.5. The smallest absolute Gasteiger partial charge is 1.00 e. The molecule has 120 valence electrons. The molecule has 0 aliphatic carbocycles. The average Bonchev–Trinajstić information content (AvgIpc) is 2.55. The third-order valence-electron chi connectivity index (χ3n) is 2.23. The van der Waals surface area contributed by atoms with Crippen molar-refractivity contribution in [2.45, 2.75) is 12.2 Å². The van der Waals surface area contributed by atoms with Crippen molar-refractivity contribution in [2.24, 2.45) is 0 Å². The van der Waals surface area contributed by atoms with Gasteiger partial charge in [0.25, 0.3) is 0 Å². The summed E-state index contributed by atoms with van der Waals surface area (Å²) in [5.41, 5.74) is 0. The van der Waals surface area contributed by atoms with Crippen LogP contribution in [0.1, 0.15) is 0 Å². The van der Waals surface area contributed by atoms with Crippen LogP contribution in [0.2, 0.25) is 0 Å². The maximum absolute atomic E-state index is 10.6. The SMILES string of the molecule is C[N+](C)(C)CCO.O=C1O[C@H]([C@@H](O)CO)C(O)=C1[O-].[Cl-].[Na+]. The van der Waals surface area contributed by atoms with Crippen molar-refractivity contribution in [3.63, 3.8) is 0 Å². The summed E-state index contributed by atoms with van der Waals surface area (Å²) in [7, 11) is 6.16. The molecule has 0 aromatic carbocycles. The number of nitrogens with zero attached hydrogens (tertiary/aromatic N) is 1. The van der Waals surface area contributed by atoms with Crippen LogP contribution in [-0.2, 0) is 9.53 Å². The molecule has 0 aromatic rings. The zero-order valence-corrected chi connectivity index (χ0v) is 15.4. The van der Waals surface area contributed by atoms with E-state index in [2.05, 4.69) is 25.9 Å². The fraction of sp³-hybridized carbons (Fsp3) is 0.727. The predicted molar refractivity (Wildman–Crippen MR) is 62.6 cm³/mol. The first-order chi connectivity index (χ1) is 8.64. The number of cyclic esters (lactones) is 1. The summed E-state index contributed by atoms with van der Waals surface area (Å²) >= 11 is 0. The van der Waals surface area contributed by atoms with Crippen molar-refractivity contribution in [1.82, 2.24) is 0 Å². The van der Waals surface area contributed by atoms with Gasteiger partial charge in [-0.15, -0.1) is 0 Å². The zero-order valence-electron chi connectivity index (χ0n) is 12.6. The van der Waals surface area contributed by atoms with E-state index in [1.54, 1.807) is 0 Å². The van der Waals surface area contributed by atoms with Crippen molar-refractivity contribution >= 4 is 5.97 Å². The van der Waals surface area contributed by atoms with Crippen LogP contribution in [0, 0.1) is 0 Å². The summed E-state index contributed by atoms with van der Waals surface area (Å²) in [6.45, 7) is 0.415. The maximum atomic E-state index is 10.6. The Balaban J connectivity index is -0.000000317. The molecule has 4 N–H and O–H groups in total. The standard InChI is InChI=1S/C6H8O6.C5H14NO.ClH.Na/c7-1-2(8)5-3(9)4(10)6(11)12-5;1-6(2,3)4-5-7;;/h2,5,7-10H,1H2;7H,4-5H2,1-3H3;1H;/q;+1;;+1/p-2/t2-,5+;;;/m0.../s1. The Labute approximate surface area is 151 Å². The molecule has 21 heavy (non-hydrogen) atoms. The Bertz CT molecular complexity index is 346. The van der Waals surface area contributed by atoms with Gasteiger partial charge in [0.1, 0.15) is 18.4 Å². The van der Waals surface area contributed by atoms with Crippen LogP contribution in [0.4, 0.5) is 0 Å². The molecule has 1 aliphatic heterocycles. The normalized spacial score (nSPS) is 18.8. The second-order valence-electron chi connectivity index (χ2n) is 5.03. The maximum Gasteiger partial charge on any atom is 1.00 e. The van der Waals surface area contributed by atoms with Gasteiger partial charge < -0.3 is 47.2 Å². The summed E-state index contributed by atoms with van der Waals surface area (Å²) in [6, 6.07) is 0. The third-order valence-corrected chi connectivity index (χ3v) is 2.23. The first-order valence-electron chi connectivity index (χ1n) is 5.65. The van der Waals surface area contributed by atoms with E-state index >= 15 is 0 Å². The molecular weight excluding hydrogens is 317 g/mol. The fourth-order valence-electron chi connectivity index (χ4n) is 1.11. The number of rotatable bonds is 4. The van der Waals surface area contributed by atoms with E-state index < -0.39 is 36.3 Å². The van der Waals surface area contributed by atoms with Gasteiger partial charge in [-0.2, -0.15) is 0 Å². The van der Waals surface area contributed by atoms with Crippen LogP contribution in [0.3, 0.4) is 0 Å². The van der Waals surface area contributed by atoms with Crippen molar-refractivity contribution in [3.05, 3.63) is 11.5 Å². The molecule has 10 heteroatoms. The van der Waals surface area contributed by atoms with Crippen molar-refractivity contribution in [2.75, 3.05) is 40.9 Å². The predicted octanol–water partition coefficient (Wildman–Crippen LogP) is -8.91. The van der Waals surface area contributed by atoms with Crippen LogP contribution in [0.25, 0.3) is 0 Å². The number of quaternary nitrogens is 1. The van der Waals surface area contributed by atoms with E-state index in [1.807, 2.05) is 0 Å². The number of hydrogen-bond donors (Lipinski definition) is 4. The number of hydrogen-bond acceptors (Lipinski definition) is 7. The molecule has 0 bridgehead atoms. The van der Waals surface area contributed by atoms with Crippen molar-refractivity contribution in [3.8, 4) is 0 Å². The number of halogens is 1. The molecule has 1 aliphatic rings. The van der Waals surface area contributed by atoms with Gasteiger partial charge in [-0.05, 0) is 0 Å². The van der Waals surface area contributed by atoms with E-state index in [0.29, 0.717) is 0 Å². The average molecular weight is 338 g/mol. The first-order valence-corrected chi connectivity index (χ1v) is 5.65. The van der Waals surface area contributed by atoms with Gasteiger partial charge in [-0.3, -0.25) is 0 Å². The van der Waals surface area contributed by atoms with E-state index in [4.69, 9.17) is 20.4 Å². The minimum absolute atomic E-state index is 0. The number of carbonyl (C=O) groups is 1. The second-order valence-corrected chi connectivity index (χ2v) is 5.03. The molecule has 0 fully saturated rings.